The Morgan fingerprint density at radius 1 is 1.10 bits per heavy atom. The SMILES string of the molecule is Nc1nc(N)c2c(OCC3(S(=O)(=O)c4ccc(F)cc4F)CCNCC3)cccc2n1. The van der Waals surface area contributed by atoms with Crippen molar-refractivity contribution < 1.29 is 21.9 Å². The smallest absolute Gasteiger partial charge is 0.222 e. The molecule has 8 nitrogen and oxygen atoms in total. The van der Waals surface area contributed by atoms with E-state index in [-0.39, 0.29) is 31.2 Å². The fraction of sp³-hybridized carbons (Fsp3) is 0.300. The molecule has 0 amide bonds. The molecule has 0 radical (unpaired) electrons. The lowest BCUT2D eigenvalue weighted by atomic mass is 9.98. The zero-order chi connectivity index (χ0) is 22.2. The summed E-state index contributed by atoms with van der Waals surface area (Å²) in [6.07, 6.45) is 0.381. The van der Waals surface area contributed by atoms with Gasteiger partial charge in [-0.05, 0) is 50.2 Å². The normalized spacial score (nSPS) is 16.3. The van der Waals surface area contributed by atoms with Gasteiger partial charge in [-0.25, -0.2) is 22.2 Å². The molecule has 0 spiro atoms. The summed E-state index contributed by atoms with van der Waals surface area (Å²) in [5.74, 6) is -1.58. The highest BCUT2D eigenvalue weighted by molar-refractivity contribution is 7.92. The Hall–Kier alpha value is -3.05. The Bertz CT molecular complexity index is 1250. The number of rotatable bonds is 5. The summed E-state index contributed by atoms with van der Waals surface area (Å²) < 4.78 is 59.3. The first kappa shape index (κ1) is 21.2. The molecule has 5 N–H and O–H groups in total. The lowest BCUT2D eigenvalue weighted by Crippen LogP contribution is -2.51. The molecule has 2 heterocycles. The monoisotopic (exact) mass is 449 g/mol. The number of nitrogen functional groups attached to an aromatic ring is 2. The molecular formula is C20H21F2N5O3S. The number of anilines is 2. The average Bonchev–Trinajstić information content (AvgIpc) is 2.72. The van der Waals surface area contributed by atoms with Gasteiger partial charge in [0, 0.05) is 6.07 Å². The predicted molar refractivity (Wildman–Crippen MR) is 112 cm³/mol. The maximum absolute atomic E-state index is 14.4. The van der Waals surface area contributed by atoms with Crippen molar-refractivity contribution in [1.82, 2.24) is 15.3 Å². The molecule has 3 aromatic rings. The molecule has 1 aliphatic rings. The van der Waals surface area contributed by atoms with E-state index in [1.165, 1.54) is 0 Å². The quantitative estimate of drug-likeness (QED) is 0.504. The van der Waals surface area contributed by atoms with Gasteiger partial charge in [-0.3, -0.25) is 0 Å². The summed E-state index contributed by atoms with van der Waals surface area (Å²) in [6.45, 7) is 0.558. The molecule has 164 valence electrons. The fourth-order valence-electron chi connectivity index (χ4n) is 3.83. The van der Waals surface area contributed by atoms with Crippen molar-refractivity contribution in [3.8, 4) is 5.75 Å². The lowest BCUT2D eigenvalue weighted by molar-refractivity contribution is 0.232. The Morgan fingerprint density at radius 2 is 1.84 bits per heavy atom. The summed E-state index contributed by atoms with van der Waals surface area (Å²) >= 11 is 0. The maximum Gasteiger partial charge on any atom is 0.222 e. The number of ether oxygens (including phenoxy) is 1. The Balaban J connectivity index is 1.74. The van der Waals surface area contributed by atoms with Crippen LogP contribution in [0.3, 0.4) is 0 Å². The van der Waals surface area contributed by atoms with Crippen molar-refractivity contribution in [2.24, 2.45) is 0 Å². The van der Waals surface area contributed by atoms with E-state index in [9.17, 15) is 17.2 Å². The van der Waals surface area contributed by atoms with E-state index in [1.54, 1.807) is 18.2 Å². The molecule has 4 rings (SSSR count). The highest BCUT2D eigenvalue weighted by Crippen LogP contribution is 2.37. The highest BCUT2D eigenvalue weighted by atomic mass is 32.2. The van der Waals surface area contributed by atoms with Gasteiger partial charge in [0.1, 0.15) is 39.5 Å². The molecule has 0 saturated carbocycles. The number of sulfone groups is 1. The maximum atomic E-state index is 14.4. The van der Waals surface area contributed by atoms with Crippen LogP contribution >= 0.6 is 0 Å². The number of aromatic nitrogens is 2. The van der Waals surface area contributed by atoms with E-state index in [4.69, 9.17) is 16.2 Å². The average molecular weight is 449 g/mol. The third kappa shape index (κ3) is 3.74. The van der Waals surface area contributed by atoms with Crippen molar-refractivity contribution in [2.75, 3.05) is 31.2 Å². The number of piperidine rings is 1. The zero-order valence-electron chi connectivity index (χ0n) is 16.4. The van der Waals surface area contributed by atoms with Gasteiger partial charge in [-0.15, -0.1) is 0 Å². The topological polar surface area (TPSA) is 133 Å². The summed E-state index contributed by atoms with van der Waals surface area (Å²) in [7, 11) is -4.20. The van der Waals surface area contributed by atoms with Crippen LogP contribution in [0, 0.1) is 11.6 Å². The molecule has 1 aromatic heterocycles. The standard InChI is InChI=1S/C20H21F2N5O3S/c21-12-4-5-16(13(22)10-12)31(28,29)20(6-8-25-9-7-20)11-30-15-3-1-2-14-17(15)18(23)27-19(24)26-14/h1-5,10,25H,6-9,11H2,(H4,23,24,26,27). The Morgan fingerprint density at radius 3 is 2.55 bits per heavy atom. The van der Waals surface area contributed by atoms with Crippen LogP contribution in [0.15, 0.2) is 41.3 Å². The lowest BCUT2D eigenvalue weighted by Gasteiger charge is -2.36. The Kier molecular flexibility index (Phi) is 5.40. The van der Waals surface area contributed by atoms with Crippen LogP contribution in [-0.4, -0.2) is 42.8 Å². The molecule has 2 aromatic carbocycles. The zero-order valence-corrected chi connectivity index (χ0v) is 17.3. The van der Waals surface area contributed by atoms with Crippen molar-refractivity contribution in [3.05, 3.63) is 48.0 Å². The van der Waals surface area contributed by atoms with Crippen molar-refractivity contribution in [1.29, 1.82) is 0 Å². The van der Waals surface area contributed by atoms with Gasteiger partial charge in [0.05, 0.1) is 10.9 Å². The first-order chi connectivity index (χ1) is 14.7. The second kappa shape index (κ2) is 7.89. The molecule has 1 saturated heterocycles. The number of nitrogens with zero attached hydrogens (tertiary/aromatic N) is 2. The van der Waals surface area contributed by atoms with Gasteiger partial charge in [-0.2, -0.15) is 4.98 Å². The van der Waals surface area contributed by atoms with Gasteiger partial charge in [-0.1, -0.05) is 6.07 Å². The molecule has 31 heavy (non-hydrogen) atoms. The molecule has 0 unspecified atom stereocenters. The van der Waals surface area contributed by atoms with Gasteiger partial charge < -0.3 is 21.5 Å². The molecule has 11 heteroatoms. The predicted octanol–water partition coefficient (Wildman–Crippen LogP) is 2.05. The molecule has 1 fully saturated rings. The molecular weight excluding hydrogens is 428 g/mol. The van der Waals surface area contributed by atoms with Crippen LogP contribution in [0.1, 0.15) is 12.8 Å². The number of nitrogens with one attached hydrogen (secondary N) is 1. The molecule has 0 bridgehead atoms. The van der Waals surface area contributed by atoms with E-state index in [0.717, 1.165) is 12.1 Å². The summed E-state index contributed by atoms with van der Waals surface area (Å²) in [5.41, 5.74) is 12.1. The first-order valence-corrected chi connectivity index (χ1v) is 11.1. The summed E-state index contributed by atoms with van der Waals surface area (Å²) in [6, 6.07) is 7.43. The number of halogens is 2. The minimum Gasteiger partial charge on any atom is -0.491 e. The number of nitrogens with two attached hydrogens (primary N) is 2. The summed E-state index contributed by atoms with van der Waals surface area (Å²) in [5, 5.41) is 3.51. The third-order valence-corrected chi connectivity index (χ3v) is 8.07. The highest BCUT2D eigenvalue weighted by Gasteiger charge is 2.47. The minimum absolute atomic E-state index is 0.00587. The van der Waals surface area contributed by atoms with E-state index in [1.807, 2.05) is 0 Å². The molecule has 0 aliphatic carbocycles. The van der Waals surface area contributed by atoms with Crippen LogP contribution in [-0.2, 0) is 9.84 Å². The van der Waals surface area contributed by atoms with Crippen molar-refractivity contribution in [2.45, 2.75) is 22.5 Å². The third-order valence-electron chi connectivity index (χ3n) is 5.49. The second-order valence-corrected chi connectivity index (χ2v) is 9.73. The van der Waals surface area contributed by atoms with Crippen LogP contribution in [0.4, 0.5) is 20.5 Å². The van der Waals surface area contributed by atoms with E-state index < -0.39 is 31.1 Å². The minimum atomic E-state index is -4.20. The van der Waals surface area contributed by atoms with E-state index in [0.29, 0.717) is 35.8 Å². The van der Waals surface area contributed by atoms with Gasteiger partial charge in [0.25, 0.3) is 0 Å². The van der Waals surface area contributed by atoms with Crippen LogP contribution in [0.5, 0.6) is 5.75 Å². The summed E-state index contributed by atoms with van der Waals surface area (Å²) in [4.78, 5) is 7.51. The van der Waals surface area contributed by atoms with Crippen LogP contribution < -0.4 is 21.5 Å². The van der Waals surface area contributed by atoms with Crippen LogP contribution in [0.2, 0.25) is 0 Å². The molecule has 0 atom stereocenters. The van der Waals surface area contributed by atoms with E-state index in [2.05, 4.69) is 15.3 Å². The van der Waals surface area contributed by atoms with Crippen molar-refractivity contribution >= 4 is 32.5 Å². The second-order valence-electron chi connectivity index (χ2n) is 7.42. The molecule has 1 aliphatic heterocycles. The Labute approximate surface area is 177 Å². The van der Waals surface area contributed by atoms with Gasteiger partial charge >= 0.3 is 0 Å². The van der Waals surface area contributed by atoms with Crippen molar-refractivity contribution in [3.63, 3.8) is 0 Å². The van der Waals surface area contributed by atoms with Gasteiger partial charge in [0.15, 0.2) is 9.84 Å². The van der Waals surface area contributed by atoms with Crippen LogP contribution in [0.25, 0.3) is 10.9 Å². The number of benzene rings is 2. The fourth-order valence-corrected chi connectivity index (χ4v) is 5.81. The first-order valence-electron chi connectivity index (χ1n) is 9.58. The largest absolute Gasteiger partial charge is 0.491 e. The number of hydrogen-bond donors (Lipinski definition) is 3. The van der Waals surface area contributed by atoms with Gasteiger partial charge in [0.2, 0.25) is 5.95 Å². The number of fused-ring (bicyclic) bond motifs is 1. The van der Waals surface area contributed by atoms with E-state index >= 15 is 0 Å². The number of hydrogen-bond acceptors (Lipinski definition) is 8.